The number of hydrogen-bond acceptors (Lipinski definition) is 4. The van der Waals surface area contributed by atoms with Gasteiger partial charge in [0, 0.05) is 18.6 Å². The summed E-state index contributed by atoms with van der Waals surface area (Å²) in [7, 11) is 0. The first kappa shape index (κ1) is 15.9. The van der Waals surface area contributed by atoms with Gasteiger partial charge in [0.25, 0.3) is 0 Å². The Kier molecular flexibility index (Phi) is 6.80. The number of likely N-dealkylation sites (tertiary alicyclic amines) is 1. The van der Waals surface area contributed by atoms with Gasteiger partial charge in [-0.1, -0.05) is 13.3 Å². The first-order valence-corrected chi connectivity index (χ1v) is 7.12. The van der Waals surface area contributed by atoms with Gasteiger partial charge < -0.3 is 11.1 Å². The van der Waals surface area contributed by atoms with Crippen LogP contribution >= 0.6 is 0 Å². The largest absolute Gasteiger partial charge is 0.338 e. The van der Waals surface area contributed by atoms with Crippen molar-refractivity contribution in [3.63, 3.8) is 0 Å². The highest BCUT2D eigenvalue weighted by Gasteiger charge is 2.27. The van der Waals surface area contributed by atoms with E-state index < -0.39 is 6.03 Å². The van der Waals surface area contributed by atoms with Crippen LogP contribution in [0, 0.1) is 0 Å². The second kappa shape index (κ2) is 8.12. The second-order valence-corrected chi connectivity index (χ2v) is 5.20. The quantitative estimate of drug-likeness (QED) is 0.676. The molecule has 1 aliphatic rings. The highest BCUT2D eigenvalue weighted by molar-refractivity contribution is 5.95. The van der Waals surface area contributed by atoms with Gasteiger partial charge in [0.1, 0.15) is 0 Å². The first-order chi connectivity index (χ1) is 9.04. The molecule has 2 unspecified atom stereocenters. The van der Waals surface area contributed by atoms with Crippen LogP contribution in [0.5, 0.6) is 0 Å². The van der Waals surface area contributed by atoms with Crippen molar-refractivity contribution in [3.05, 3.63) is 0 Å². The minimum Gasteiger partial charge on any atom is -0.338 e. The average molecular weight is 270 g/mol. The lowest BCUT2D eigenvalue weighted by molar-refractivity contribution is -0.122. The Labute approximate surface area is 115 Å². The first-order valence-electron chi connectivity index (χ1n) is 7.12. The summed E-state index contributed by atoms with van der Waals surface area (Å²) < 4.78 is 0. The number of nitrogens with two attached hydrogens (primary N) is 1. The second-order valence-electron chi connectivity index (χ2n) is 5.20. The summed E-state index contributed by atoms with van der Waals surface area (Å²) in [6, 6.07) is -0.138. The highest BCUT2D eigenvalue weighted by atomic mass is 16.2. The molecular weight excluding hydrogens is 244 g/mol. The van der Waals surface area contributed by atoms with Gasteiger partial charge in [0.05, 0.1) is 6.54 Å². The van der Waals surface area contributed by atoms with Crippen LogP contribution in [-0.4, -0.2) is 48.6 Å². The molecule has 1 heterocycles. The average Bonchev–Trinajstić information content (AvgIpc) is 2.36. The summed E-state index contributed by atoms with van der Waals surface area (Å²) in [4.78, 5) is 25.3. The number of amides is 3. The Morgan fingerprint density at radius 3 is 2.79 bits per heavy atom. The van der Waals surface area contributed by atoms with Crippen molar-refractivity contribution >= 4 is 11.9 Å². The molecule has 110 valence electrons. The van der Waals surface area contributed by atoms with Crippen molar-refractivity contribution in [2.75, 3.05) is 19.6 Å². The molecule has 0 aliphatic carbocycles. The zero-order chi connectivity index (χ0) is 14.3. The number of piperidine rings is 1. The zero-order valence-electron chi connectivity index (χ0n) is 11.9. The number of nitrogens with zero attached hydrogens (tertiary/aromatic N) is 1. The summed E-state index contributed by atoms with van der Waals surface area (Å²) in [5, 5.41) is 4.97. The summed E-state index contributed by atoms with van der Waals surface area (Å²) in [6.07, 6.45) is 4.10. The van der Waals surface area contributed by atoms with E-state index in [1.54, 1.807) is 0 Å². The van der Waals surface area contributed by atoms with Crippen molar-refractivity contribution < 1.29 is 9.59 Å². The van der Waals surface area contributed by atoms with Crippen molar-refractivity contribution in [2.45, 2.75) is 51.6 Å². The molecule has 0 aromatic rings. The third-order valence-corrected chi connectivity index (χ3v) is 3.41. The Balaban J connectivity index is 2.39. The maximum atomic E-state index is 11.8. The van der Waals surface area contributed by atoms with E-state index in [0.29, 0.717) is 6.54 Å². The monoisotopic (exact) mass is 270 g/mol. The molecule has 4 N–H and O–H groups in total. The van der Waals surface area contributed by atoms with Crippen LogP contribution in [0.2, 0.25) is 0 Å². The van der Waals surface area contributed by atoms with Crippen LogP contribution in [0.1, 0.15) is 39.5 Å². The fraction of sp³-hybridized carbons (Fsp3) is 0.846. The molecule has 1 aliphatic heterocycles. The van der Waals surface area contributed by atoms with Crippen molar-refractivity contribution in [3.8, 4) is 0 Å². The van der Waals surface area contributed by atoms with Crippen molar-refractivity contribution in [1.29, 1.82) is 0 Å². The number of imide groups is 1. The molecule has 1 saturated heterocycles. The van der Waals surface area contributed by atoms with Gasteiger partial charge in [-0.3, -0.25) is 15.0 Å². The minimum absolute atomic E-state index is 0.0435. The van der Waals surface area contributed by atoms with Gasteiger partial charge in [0.15, 0.2) is 0 Å². The standard InChI is InChI=1S/C13H26N4O2/c1-3-7-15-13(19)16-12(18)9-17-8-5-4-6-11(17)10(2)14/h10-11H,3-9,14H2,1-2H3,(H2,15,16,18,19). The molecule has 2 atom stereocenters. The van der Waals surface area contributed by atoms with E-state index in [4.69, 9.17) is 5.73 Å². The summed E-state index contributed by atoms with van der Waals surface area (Å²) >= 11 is 0. The number of hydrogen-bond donors (Lipinski definition) is 3. The molecule has 3 amide bonds. The Hall–Kier alpha value is -1.14. The van der Waals surface area contributed by atoms with Gasteiger partial charge in [-0.05, 0) is 32.7 Å². The predicted octanol–water partition coefficient (Wildman–Crippen LogP) is 0.424. The molecule has 1 rings (SSSR count). The lowest BCUT2D eigenvalue weighted by Crippen LogP contribution is -2.53. The fourth-order valence-electron chi connectivity index (χ4n) is 2.44. The molecule has 0 aromatic heterocycles. The van der Waals surface area contributed by atoms with Crippen LogP contribution < -0.4 is 16.4 Å². The van der Waals surface area contributed by atoms with E-state index in [2.05, 4.69) is 15.5 Å². The van der Waals surface area contributed by atoms with E-state index in [1.807, 2.05) is 13.8 Å². The molecule has 19 heavy (non-hydrogen) atoms. The van der Waals surface area contributed by atoms with Gasteiger partial charge in [-0.2, -0.15) is 0 Å². The predicted molar refractivity (Wildman–Crippen MR) is 74.7 cm³/mol. The third kappa shape index (κ3) is 5.57. The molecule has 0 radical (unpaired) electrons. The molecule has 0 bridgehead atoms. The fourth-order valence-corrected chi connectivity index (χ4v) is 2.44. The lowest BCUT2D eigenvalue weighted by Gasteiger charge is -2.37. The van der Waals surface area contributed by atoms with Crippen LogP contribution in [-0.2, 0) is 4.79 Å². The van der Waals surface area contributed by atoms with E-state index in [1.165, 1.54) is 0 Å². The summed E-state index contributed by atoms with van der Waals surface area (Å²) in [5.74, 6) is -0.263. The summed E-state index contributed by atoms with van der Waals surface area (Å²) in [6.45, 7) is 5.62. The number of carbonyl (C=O) groups is 2. The lowest BCUT2D eigenvalue weighted by atomic mass is 9.97. The highest BCUT2D eigenvalue weighted by Crippen LogP contribution is 2.18. The number of carbonyl (C=O) groups excluding carboxylic acids is 2. The maximum absolute atomic E-state index is 11.8. The van der Waals surface area contributed by atoms with Crippen molar-refractivity contribution in [1.82, 2.24) is 15.5 Å². The number of rotatable bonds is 5. The van der Waals surface area contributed by atoms with Gasteiger partial charge >= 0.3 is 6.03 Å². The van der Waals surface area contributed by atoms with E-state index >= 15 is 0 Å². The number of nitrogens with one attached hydrogen (secondary N) is 2. The SMILES string of the molecule is CCCNC(=O)NC(=O)CN1CCCCC1C(C)N. The summed E-state index contributed by atoms with van der Waals surface area (Å²) in [5.41, 5.74) is 5.95. The maximum Gasteiger partial charge on any atom is 0.321 e. The van der Waals surface area contributed by atoms with Crippen LogP contribution in [0.15, 0.2) is 0 Å². The third-order valence-electron chi connectivity index (χ3n) is 3.41. The van der Waals surface area contributed by atoms with E-state index in [-0.39, 0.29) is 24.5 Å². The molecule has 1 fully saturated rings. The van der Waals surface area contributed by atoms with Crippen molar-refractivity contribution in [2.24, 2.45) is 5.73 Å². The van der Waals surface area contributed by atoms with E-state index in [9.17, 15) is 9.59 Å². The zero-order valence-corrected chi connectivity index (χ0v) is 11.9. The van der Waals surface area contributed by atoms with Gasteiger partial charge in [-0.15, -0.1) is 0 Å². The topological polar surface area (TPSA) is 87.5 Å². The number of urea groups is 1. The molecule has 0 saturated carbocycles. The van der Waals surface area contributed by atoms with Crippen LogP contribution in [0.4, 0.5) is 4.79 Å². The Bertz CT molecular complexity index is 307. The molecule has 6 nitrogen and oxygen atoms in total. The van der Waals surface area contributed by atoms with Crippen LogP contribution in [0.25, 0.3) is 0 Å². The molecular formula is C13H26N4O2. The van der Waals surface area contributed by atoms with Crippen LogP contribution in [0.3, 0.4) is 0 Å². The van der Waals surface area contributed by atoms with E-state index in [0.717, 1.165) is 32.2 Å². The molecule has 0 spiro atoms. The van der Waals surface area contributed by atoms with Gasteiger partial charge in [-0.25, -0.2) is 4.79 Å². The molecule has 6 heteroatoms. The normalized spacial score (nSPS) is 21.7. The minimum atomic E-state index is -0.416. The smallest absolute Gasteiger partial charge is 0.321 e. The van der Waals surface area contributed by atoms with Gasteiger partial charge in [0.2, 0.25) is 5.91 Å². The Morgan fingerprint density at radius 1 is 1.42 bits per heavy atom. The Morgan fingerprint density at radius 2 is 2.16 bits per heavy atom. The molecule has 0 aromatic carbocycles.